The van der Waals surface area contributed by atoms with Crippen LogP contribution in [0.15, 0.2) is 0 Å². The van der Waals surface area contributed by atoms with Gasteiger partial charge in [-0.3, -0.25) is 4.79 Å². The Balaban J connectivity index is 2.38. The van der Waals surface area contributed by atoms with Gasteiger partial charge in [0.15, 0.2) is 0 Å². The van der Waals surface area contributed by atoms with Crippen molar-refractivity contribution < 1.29 is 14.3 Å². The third-order valence-electron chi connectivity index (χ3n) is 4.90. The molecule has 0 saturated carbocycles. The standard InChI is InChI=1S/C18H28N2O3/c1-6-14-15(18(22)23-5)13(4)16(19-14)17(21)20-10-11(2)8-7-9-12(20)3/h11-12,19H,6-10H2,1-5H3/t11-,12+/m0/s1. The maximum Gasteiger partial charge on any atom is 0.339 e. The largest absolute Gasteiger partial charge is 0.465 e. The van der Waals surface area contributed by atoms with Crippen molar-refractivity contribution in [2.75, 3.05) is 13.7 Å². The zero-order chi connectivity index (χ0) is 17.1. The van der Waals surface area contributed by atoms with Crippen LogP contribution in [0.3, 0.4) is 0 Å². The van der Waals surface area contributed by atoms with Gasteiger partial charge in [0, 0.05) is 18.3 Å². The summed E-state index contributed by atoms with van der Waals surface area (Å²) < 4.78 is 4.87. The van der Waals surface area contributed by atoms with E-state index in [0.29, 0.717) is 29.2 Å². The van der Waals surface area contributed by atoms with E-state index in [1.54, 1.807) is 0 Å². The normalized spacial score (nSPS) is 21.9. The summed E-state index contributed by atoms with van der Waals surface area (Å²) in [6.45, 7) is 8.85. The van der Waals surface area contributed by atoms with Gasteiger partial charge >= 0.3 is 5.97 Å². The molecule has 2 atom stereocenters. The number of aryl methyl sites for hydroxylation is 1. The van der Waals surface area contributed by atoms with Crippen LogP contribution >= 0.6 is 0 Å². The van der Waals surface area contributed by atoms with Crippen molar-refractivity contribution in [3.63, 3.8) is 0 Å². The lowest BCUT2D eigenvalue weighted by Gasteiger charge is -2.28. The Hall–Kier alpha value is -1.78. The van der Waals surface area contributed by atoms with Crippen molar-refractivity contribution in [3.8, 4) is 0 Å². The minimum atomic E-state index is -0.382. The van der Waals surface area contributed by atoms with E-state index in [9.17, 15) is 9.59 Å². The predicted octanol–water partition coefficient (Wildman–Crippen LogP) is 3.32. The Bertz CT molecular complexity index is 591. The number of rotatable bonds is 3. The molecule has 128 valence electrons. The predicted molar refractivity (Wildman–Crippen MR) is 89.8 cm³/mol. The first-order chi connectivity index (χ1) is 10.9. The van der Waals surface area contributed by atoms with Crippen LogP contribution in [0.1, 0.15) is 72.1 Å². The van der Waals surface area contributed by atoms with Gasteiger partial charge in [-0.25, -0.2) is 4.79 Å². The average molecular weight is 320 g/mol. The van der Waals surface area contributed by atoms with E-state index in [1.165, 1.54) is 7.11 Å². The topological polar surface area (TPSA) is 62.4 Å². The highest BCUT2D eigenvalue weighted by atomic mass is 16.5. The fraction of sp³-hybridized carbons (Fsp3) is 0.667. The fourth-order valence-corrected chi connectivity index (χ4v) is 3.47. The number of aromatic nitrogens is 1. The summed E-state index contributed by atoms with van der Waals surface area (Å²) in [7, 11) is 1.37. The number of methoxy groups -OCH3 is 1. The van der Waals surface area contributed by atoms with E-state index >= 15 is 0 Å². The number of hydrogen-bond acceptors (Lipinski definition) is 3. The summed E-state index contributed by atoms with van der Waals surface area (Å²) in [4.78, 5) is 30.2. The Morgan fingerprint density at radius 1 is 1.30 bits per heavy atom. The van der Waals surface area contributed by atoms with E-state index in [1.807, 2.05) is 18.7 Å². The van der Waals surface area contributed by atoms with Crippen molar-refractivity contribution >= 4 is 11.9 Å². The highest BCUT2D eigenvalue weighted by Gasteiger charge is 2.30. The second-order valence-corrected chi connectivity index (χ2v) is 6.67. The van der Waals surface area contributed by atoms with Crippen LogP contribution < -0.4 is 0 Å². The van der Waals surface area contributed by atoms with Crippen LogP contribution in [-0.4, -0.2) is 41.5 Å². The summed E-state index contributed by atoms with van der Waals surface area (Å²) in [6, 6.07) is 0.224. The number of nitrogens with zero attached hydrogens (tertiary/aromatic N) is 1. The van der Waals surface area contributed by atoms with E-state index < -0.39 is 0 Å². The van der Waals surface area contributed by atoms with E-state index in [2.05, 4.69) is 18.8 Å². The number of nitrogens with one attached hydrogen (secondary N) is 1. The number of carbonyl (C=O) groups is 2. The molecule has 23 heavy (non-hydrogen) atoms. The summed E-state index contributed by atoms with van der Waals surface area (Å²) in [5.74, 6) is 0.116. The van der Waals surface area contributed by atoms with E-state index in [0.717, 1.165) is 31.5 Å². The van der Waals surface area contributed by atoms with E-state index in [-0.39, 0.29) is 17.9 Å². The molecule has 2 heterocycles. The molecule has 1 fully saturated rings. The molecule has 1 N–H and O–H groups in total. The Morgan fingerprint density at radius 2 is 2.00 bits per heavy atom. The minimum absolute atomic E-state index is 0.00592. The van der Waals surface area contributed by atoms with Gasteiger partial charge in [-0.15, -0.1) is 0 Å². The lowest BCUT2D eigenvalue weighted by Crippen LogP contribution is -2.40. The molecule has 0 radical (unpaired) electrons. The highest BCUT2D eigenvalue weighted by Crippen LogP contribution is 2.26. The molecular weight excluding hydrogens is 292 g/mol. The molecule has 1 saturated heterocycles. The van der Waals surface area contributed by atoms with Crippen LogP contribution in [0, 0.1) is 12.8 Å². The molecule has 0 spiro atoms. The fourth-order valence-electron chi connectivity index (χ4n) is 3.47. The monoisotopic (exact) mass is 320 g/mol. The van der Waals surface area contributed by atoms with Crippen LogP contribution in [0.2, 0.25) is 0 Å². The van der Waals surface area contributed by atoms with Gasteiger partial charge in [0.2, 0.25) is 0 Å². The molecule has 1 aromatic heterocycles. The van der Waals surface area contributed by atoms with Crippen molar-refractivity contribution in [2.24, 2.45) is 5.92 Å². The van der Waals surface area contributed by atoms with Crippen LogP contribution in [-0.2, 0) is 11.2 Å². The number of hydrogen-bond donors (Lipinski definition) is 1. The lowest BCUT2D eigenvalue weighted by atomic mass is 10.1. The highest BCUT2D eigenvalue weighted by molar-refractivity contribution is 6.00. The number of esters is 1. The van der Waals surface area contributed by atoms with Crippen LogP contribution in [0.4, 0.5) is 0 Å². The third kappa shape index (κ3) is 3.43. The SMILES string of the molecule is CCc1[nH]c(C(=O)N2C[C@@H](C)CCC[C@H]2C)c(C)c1C(=O)OC. The maximum atomic E-state index is 13.1. The Kier molecular flexibility index (Phi) is 5.50. The smallest absolute Gasteiger partial charge is 0.339 e. The van der Waals surface area contributed by atoms with Gasteiger partial charge in [-0.1, -0.05) is 20.3 Å². The molecule has 1 aliphatic heterocycles. The summed E-state index contributed by atoms with van der Waals surface area (Å²) in [5, 5.41) is 0. The van der Waals surface area contributed by atoms with Gasteiger partial charge in [-0.2, -0.15) is 0 Å². The van der Waals surface area contributed by atoms with Crippen molar-refractivity contribution in [1.29, 1.82) is 0 Å². The van der Waals surface area contributed by atoms with Crippen LogP contribution in [0.5, 0.6) is 0 Å². The molecule has 5 nitrogen and oxygen atoms in total. The summed E-state index contributed by atoms with van der Waals surface area (Å²) >= 11 is 0. The zero-order valence-electron chi connectivity index (χ0n) is 14.9. The van der Waals surface area contributed by atoms with Crippen molar-refractivity contribution in [3.05, 3.63) is 22.5 Å². The van der Waals surface area contributed by atoms with Gasteiger partial charge in [0.1, 0.15) is 5.69 Å². The van der Waals surface area contributed by atoms with Gasteiger partial charge in [-0.05, 0) is 44.6 Å². The Labute approximate surface area is 138 Å². The van der Waals surface area contributed by atoms with Crippen LogP contribution in [0.25, 0.3) is 0 Å². The number of H-pyrrole nitrogens is 1. The first-order valence-electron chi connectivity index (χ1n) is 8.51. The number of ether oxygens (including phenoxy) is 1. The summed E-state index contributed by atoms with van der Waals surface area (Å²) in [6.07, 6.45) is 4.00. The Morgan fingerprint density at radius 3 is 2.61 bits per heavy atom. The number of amides is 1. The maximum absolute atomic E-state index is 13.1. The molecule has 1 aromatic rings. The van der Waals surface area contributed by atoms with E-state index in [4.69, 9.17) is 4.74 Å². The van der Waals surface area contributed by atoms with Gasteiger partial charge in [0.25, 0.3) is 5.91 Å². The molecular formula is C18H28N2O3. The number of aromatic amines is 1. The molecule has 0 unspecified atom stereocenters. The van der Waals surface area contributed by atoms with Crippen molar-refractivity contribution in [1.82, 2.24) is 9.88 Å². The summed E-state index contributed by atoms with van der Waals surface area (Å²) in [5.41, 5.74) is 2.51. The first-order valence-corrected chi connectivity index (χ1v) is 8.51. The number of likely N-dealkylation sites (tertiary alicyclic amines) is 1. The molecule has 1 aliphatic rings. The van der Waals surface area contributed by atoms with Gasteiger partial charge in [0.05, 0.1) is 12.7 Å². The zero-order valence-corrected chi connectivity index (χ0v) is 14.9. The second kappa shape index (κ2) is 7.20. The molecule has 1 amide bonds. The minimum Gasteiger partial charge on any atom is -0.465 e. The lowest BCUT2D eigenvalue weighted by molar-refractivity contribution is 0.0599. The first kappa shape index (κ1) is 17.6. The van der Waals surface area contributed by atoms with Gasteiger partial charge < -0.3 is 14.6 Å². The molecule has 0 aliphatic carbocycles. The molecule has 0 bridgehead atoms. The third-order valence-corrected chi connectivity index (χ3v) is 4.90. The quantitative estimate of drug-likeness (QED) is 0.869. The molecule has 5 heteroatoms. The van der Waals surface area contributed by atoms with Crippen molar-refractivity contribution in [2.45, 2.75) is 59.4 Å². The average Bonchev–Trinajstić information content (AvgIpc) is 2.77. The number of carbonyl (C=O) groups excluding carboxylic acids is 2. The second-order valence-electron chi connectivity index (χ2n) is 6.67. The molecule has 2 rings (SSSR count). The molecule has 0 aromatic carbocycles.